The van der Waals surface area contributed by atoms with Crippen LogP contribution in [0.2, 0.25) is 0 Å². The van der Waals surface area contributed by atoms with Crippen molar-refractivity contribution >= 4 is 23.3 Å². The molecule has 1 atom stereocenters. The van der Waals surface area contributed by atoms with Gasteiger partial charge in [0.05, 0.1) is 11.6 Å². The van der Waals surface area contributed by atoms with Gasteiger partial charge in [-0.15, -0.1) is 0 Å². The number of amides is 2. The normalized spacial score (nSPS) is 21.1. The maximum atomic E-state index is 12.9. The van der Waals surface area contributed by atoms with E-state index in [1.54, 1.807) is 6.20 Å². The van der Waals surface area contributed by atoms with E-state index in [-0.39, 0.29) is 17.7 Å². The van der Waals surface area contributed by atoms with Gasteiger partial charge in [0.25, 0.3) is 0 Å². The summed E-state index contributed by atoms with van der Waals surface area (Å²) in [6.07, 6.45) is 7.05. The second kappa shape index (κ2) is 8.28. The number of rotatable bonds is 3. The quantitative estimate of drug-likeness (QED) is 0.884. The lowest BCUT2D eigenvalue weighted by Gasteiger charge is -2.36. The van der Waals surface area contributed by atoms with Crippen molar-refractivity contribution in [3.8, 4) is 0 Å². The first kappa shape index (κ1) is 19.6. The van der Waals surface area contributed by atoms with Gasteiger partial charge < -0.3 is 15.1 Å². The highest BCUT2D eigenvalue weighted by Crippen LogP contribution is 2.28. The number of pyridine rings is 1. The molecule has 3 rings (SSSR count). The molecule has 0 bridgehead atoms. The highest BCUT2D eigenvalue weighted by molar-refractivity contribution is 5.95. The molecule has 1 aromatic rings. The molecule has 3 heterocycles. The summed E-state index contributed by atoms with van der Waals surface area (Å²) in [5, 5.41) is 3.09. The van der Waals surface area contributed by atoms with E-state index in [0.29, 0.717) is 6.54 Å². The van der Waals surface area contributed by atoms with Gasteiger partial charge in [-0.25, -0.2) is 4.98 Å². The summed E-state index contributed by atoms with van der Waals surface area (Å²) in [5.41, 5.74) is 0.368. The van der Waals surface area contributed by atoms with Crippen molar-refractivity contribution in [1.29, 1.82) is 0 Å². The van der Waals surface area contributed by atoms with Gasteiger partial charge in [-0.3, -0.25) is 9.59 Å². The second-order valence-electron chi connectivity index (χ2n) is 8.75. The van der Waals surface area contributed by atoms with E-state index >= 15 is 0 Å². The predicted octanol–water partition coefficient (Wildman–Crippen LogP) is 3.30. The number of hydrogen-bond acceptors (Lipinski definition) is 4. The molecular formula is C21H32N4O2. The number of aromatic nitrogens is 1. The van der Waals surface area contributed by atoms with E-state index in [0.717, 1.165) is 56.8 Å². The summed E-state index contributed by atoms with van der Waals surface area (Å²) in [4.78, 5) is 34.1. The molecule has 0 aromatic carbocycles. The van der Waals surface area contributed by atoms with Crippen LogP contribution in [-0.4, -0.2) is 47.9 Å². The van der Waals surface area contributed by atoms with Gasteiger partial charge in [-0.2, -0.15) is 0 Å². The number of nitrogens with one attached hydrogen (secondary N) is 1. The third-order valence-electron chi connectivity index (χ3n) is 5.42. The average molecular weight is 373 g/mol. The van der Waals surface area contributed by atoms with Crippen LogP contribution in [0.15, 0.2) is 18.3 Å². The number of likely N-dealkylation sites (tertiary alicyclic amines) is 1. The van der Waals surface area contributed by atoms with Crippen LogP contribution in [0, 0.1) is 11.3 Å². The molecule has 2 saturated heterocycles. The SMILES string of the molecule is CC(C)(C)C(=O)N1CCCC(C(=O)Nc2cccnc2N2CCCCC2)C1. The fourth-order valence-corrected chi connectivity index (χ4v) is 3.94. The smallest absolute Gasteiger partial charge is 0.229 e. The van der Waals surface area contributed by atoms with E-state index in [1.807, 2.05) is 37.8 Å². The Morgan fingerprint density at radius 1 is 1.11 bits per heavy atom. The summed E-state index contributed by atoms with van der Waals surface area (Å²) < 4.78 is 0. The van der Waals surface area contributed by atoms with Crippen LogP contribution >= 0.6 is 0 Å². The maximum absolute atomic E-state index is 12.9. The van der Waals surface area contributed by atoms with Crippen molar-refractivity contribution in [1.82, 2.24) is 9.88 Å². The third kappa shape index (κ3) is 4.79. The van der Waals surface area contributed by atoms with E-state index in [1.165, 1.54) is 6.42 Å². The minimum absolute atomic E-state index is 0.00679. The molecule has 1 N–H and O–H groups in total. The third-order valence-corrected chi connectivity index (χ3v) is 5.42. The van der Waals surface area contributed by atoms with Crippen LogP contribution in [-0.2, 0) is 9.59 Å². The molecule has 6 heteroatoms. The monoisotopic (exact) mass is 372 g/mol. The van der Waals surface area contributed by atoms with Crippen molar-refractivity contribution in [2.75, 3.05) is 36.4 Å². The Balaban J connectivity index is 1.68. The Morgan fingerprint density at radius 3 is 2.56 bits per heavy atom. The Labute approximate surface area is 162 Å². The second-order valence-corrected chi connectivity index (χ2v) is 8.75. The topological polar surface area (TPSA) is 65.5 Å². The molecule has 2 fully saturated rings. The van der Waals surface area contributed by atoms with Crippen molar-refractivity contribution in [2.45, 2.75) is 52.9 Å². The average Bonchev–Trinajstić information content (AvgIpc) is 2.68. The number of nitrogens with zero attached hydrogens (tertiary/aromatic N) is 3. The van der Waals surface area contributed by atoms with Gasteiger partial charge in [0.2, 0.25) is 11.8 Å². The predicted molar refractivity (Wildman–Crippen MR) is 108 cm³/mol. The molecular weight excluding hydrogens is 340 g/mol. The lowest BCUT2D eigenvalue weighted by Crippen LogP contribution is -2.47. The lowest BCUT2D eigenvalue weighted by molar-refractivity contribution is -0.142. The zero-order chi connectivity index (χ0) is 19.4. The van der Waals surface area contributed by atoms with E-state index in [9.17, 15) is 9.59 Å². The summed E-state index contributed by atoms with van der Waals surface area (Å²) in [6, 6.07) is 3.79. The summed E-state index contributed by atoms with van der Waals surface area (Å²) in [5.74, 6) is 0.812. The fourth-order valence-electron chi connectivity index (χ4n) is 3.94. The fraction of sp³-hybridized carbons (Fsp3) is 0.667. The molecule has 0 radical (unpaired) electrons. The standard InChI is InChI=1S/C21H32N4O2/c1-21(2,3)20(27)25-14-8-9-16(15-25)19(26)23-17-10-7-11-22-18(17)24-12-5-4-6-13-24/h7,10-11,16H,4-6,8-9,12-15H2,1-3H3,(H,23,26). The zero-order valence-electron chi connectivity index (χ0n) is 16.8. The van der Waals surface area contributed by atoms with Gasteiger partial charge in [-0.1, -0.05) is 20.8 Å². The van der Waals surface area contributed by atoms with Crippen LogP contribution in [0.3, 0.4) is 0 Å². The minimum atomic E-state index is -0.414. The molecule has 2 aliphatic rings. The molecule has 0 saturated carbocycles. The van der Waals surface area contributed by atoms with Crippen molar-refractivity contribution in [3.05, 3.63) is 18.3 Å². The first-order valence-electron chi connectivity index (χ1n) is 10.2. The Morgan fingerprint density at radius 2 is 1.85 bits per heavy atom. The number of hydrogen-bond donors (Lipinski definition) is 1. The van der Waals surface area contributed by atoms with Crippen molar-refractivity contribution < 1.29 is 9.59 Å². The van der Waals surface area contributed by atoms with Gasteiger partial charge in [0, 0.05) is 37.8 Å². The van der Waals surface area contributed by atoms with E-state index in [2.05, 4.69) is 15.2 Å². The number of piperidine rings is 2. The summed E-state index contributed by atoms with van der Waals surface area (Å²) in [7, 11) is 0. The largest absolute Gasteiger partial charge is 0.355 e. The summed E-state index contributed by atoms with van der Waals surface area (Å²) >= 11 is 0. The highest BCUT2D eigenvalue weighted by atomic mass is 16.2. The number of carbonyl (C=O) groups excluding carboxylic acids is 2. The molecule has 0 spiro atoms. The molecule has 2 amide bonds. The van der Waals surface area contributed by atoms with Gasteiger partial charge >= 0.3 is 0 Å². The van der Waals surface area contributed by atoms with E-state index in [4.69, 9.17) is 0 Å². The van der Waals surface area contributed by atoms with Crippen LogP contribution < -0.4 is 10.2 Å². The number of carbonyl (C=O) groups is 2. The number of anilines is 2. The van der Waals surface area contributed by atoms with Gasteiger partial charge in [-0.05, 0) is 44.2 Å². The van der Waals surface area contributed by atoms with Crippen molar-refractivity contribution in [3.63, 3.8) is 0 Å². The lowest BCUT2D eigenvalue weighted by atomic mass is 9.91. The van der Waals surface area contributed by atoms with E-state index < -0.39 is 5.41 Å². The van der Waals surface area contributed by atoms with Crippen molar-refractivity contribution in [2.24, 2.45) is 11.3 Å². The van der Waals surface area contributed by atoms with Crippen LogP contribution in [0.4, 0.5) is 11.5 Å². The Kier molecular flexibility index (Phi) is 6.02. The molecule has 1 aromatic heterocycles. The first-order chi connectivity index (χ1) is 12.9. The Hall–Kier alpha value is -2.11. The Bertz CT molecular complexity index is 677. The van der Waals surface area contributed by atoms with Crippen LogP contribution in [0.5, 0.6) is 0 Å². The molecule has 0 aliphatic carbocycles. The van der Waals surface area contributed by atoms with Gasteiger partial charge in [0.15, 0.2) is 5.82 Å². The van der Waals surface area contributed by atoms with Gasteiger partial charge in [0.1, 0.15) is 0 Å². The first-order valence-corrected chi connectivity index (χ1v) is 10.2. The zero-order valence-corrected chi connectivity index (χ0v) is 16.8. The molecule has 6 nitrogen and oxygen atoms in total. The molecule has 27 heavy (non-hydrogen) atoms. The highest BCUT2D eigenvalue weighted by Gasteiger charge is 2.33. The summed E-state index contributed by atoms with van der Waals surface area (Å²) in [6.45, 7) is 9.00. The molecule has 148 valence electrons. The molecule has 1 unspecified atom stereocenters. The minimum Gasteiger partial charge on any atom is -0.355 e. The van der Waals surface area contributed by atoms with Crippen LogP contribution in [0.25, 0.3) is 0 Å². The maximum Gasteiger partial charge on any atom is 0.229 e. The van der Waals surface area contributed by atoms with Crippen LogP contribution in [0.1, 0.15) is 52.9 Å². The molecule has 2 aliphatic heterocycles.